The summed E-state index contributed by atoms with van der Waals surface area (Å²) in [6.45, 7) is 2.91. The number of anilines is 1. The van der Waals surface area contributed by atoms with Crippen LogP contribution in [0.2, 0.25) is 0 Å². The Kier molecular flexibility index (Phi) is 3.25. The Morgan fingerprint density at radius 2 is 2.05 bits per heavy atom. The van der Waals surface area contributed by atoms with E-state index in [1.165, 1.54) is 5.56 Å². The van der Waals surface area contributed by atoms with Crippen molar-refractivity contribution in [1.82, 2.24) is 0 Å². The molecule has 1 aliphatic heterocycles. The molecule has 1 saturated carbocycles. The second-order valence-corrected chi connectivity index (χ2v) is 6.25. The zero-order valence-corrected chi connectivity index (χ0v) is 11.9. The van der Waals surface area contributed by atoms with E-state index >= 15 is 0 Å². The van der Waals surface area contributed by atoms with Gasteiger partial charge in [0.05, 0.1) is 6.07 Å². The molecule has 1 amide bonds. The van der Waals surface area contributed by atoms with Crippen molar-refractivity contribution in [2.24, 2.45) is 11.3 Å². The molecule has 0 spiro atoms. The highest BCUT2D eigenvalue weighted by atomic mass is 16.2. The van der Waals surface area contributed by atoms with Crippen molar-refractivity contribution in [2.75, 3.05) is 11.4 Å². The number of rotatable bonds is 1. The molecule has 1 unspecified atom stereocenters. The summed E-state index contributed by atoms with van der Waals surface area (Å²) < 4.78 is 0. The third kappa shape index (κ3) is 2.00. The molecule has 0 bridgehead atoms. The van der Waals surface area contributed by atoms with Crippen molar-refractivity contribution in [3.8, 4) is 6.07 Å². The first kappa shape index (κ1) is 13.2. The van der Waals surface area contributed by atoms with Crippen LogP contribution in [0.25, 0.3) is 0 Å². The van der Waals surface area contributed by atoms with E-state index in [4.69, 9.17) is 0 Å². The van der Waals surface area contributed by atoms with Crippen LogP contribution < -0.4 is 4.90 Å². The SMILES string of the molecule is CC1Cc2ccccc2N(C(=O)C2(C#N)CCCC2)C1. The quantitative estimate of drug-likeness (QED) is 0.784. The first-order valence-corrected chi connectivity index (χ1v) is 7.47. The fourth-order valence-electron chi connectivity index (χ4n) is 3.60. The van der Waals surface area contributed by atoms with Gasteiger partial charge in [-0.1, -0.05) is 38.0 Å². The molecule has 0 radical (unpaired) electrons. The average Bonchev–Trinajstić information content (AvgIpc) is 2.95. The summed E-state index contributed by atoms with van der Waals surface area (Å²) in [5.74, 6) is 0.475. The normalized spacial score (nSPS) is 24.0. The monoisotopic (exact) mass is 268 g/mol. The topological polar surface area (TPSA) is 44.1 Å². The molecule has 0 N–H and O–H groups in total. The molecule has 1 aromatic carbocycles. The molecule has 104 valence electrons. The summed E-state index contributed by atoms with van der Waals surface area (Å²) in [7, 11) is 0. The number of carbonyl (C=O) groups excluding carboxylic acids is 1. The third-order valence-corrected chi connectivity index (χ3v) is 4.67. The number of hydrogen-bond acceptors (Lipinski definition) is 2. The van der Waals surface area contributed by atoms with E-state index in [0.717, 1.165) is 44.3 Å². The molecule has 0 aromatic heterocycles. The lowest BCUT2D eigenvalue weighted by atomic mass is 9.84. The largest absolute Gasteiger partial charge is 0.310 e. The minimum atomic E-state index is -0.774. The molecule has 1 aliphatic carbocycles. The Labute approximate surface area is 120 Å². The molecule has 1 atom stereocenters. The summed E-state index contributed by atoms with van der Waals surface area (Å²) in [5.41, 5.74) is 1.47. The van der Waals surface area contributed by atoms with Crippen LogP contribution in [0.1, 0.15) is 38.2 Å². The number of para-hydroxylation sites is 1. The molecular weight excluding hydrogens is 248 g/mol. The Hall–Kier alpha value is -1.82. The third-order valence-electron chi connectivity index (χ3n) is 4.67. The van der Waals surface area contributed by atoms with E-state index in [-0.39, 0.29) is 5.91 Å². The van der Waals surface area contributed by atoms with Gasteiger partial charge in [0.15, 0.2) is 0 Å². The highest BCUT2D eigenvalue weighted by molar-refractivity contribution is 6.00. The van der Waals surface area contributed by atoms with Crippen LogP contribution in [-0.4, -0.2) is 12.5 Å². The van der Waals surface area contributed by atoms with Gasteiger partial charge in [0.25, 0.3) is 0 Å². The molecular formula is C17H20N2O. The number of amides is 1. The maximum Gasteiger partial charge on any atom is 0.247 e. The summed E-state index contributed by atoms with van der Waals surface area (Å²) in [5, 5.41) is 9.53. The zero-order chi connectivity index (χ0) is 14.2. The molecule has 1 fully saturated rings. The lowest BCUT2D eigenvalue weighted by molar-refractivity contribution is -0.125. The van der Waals surface area contributed by atoms with E-state index in [0.29, 0.717) is 5.92 Å². The molecule has 3 heteroatoms. The van der Waals surface area contributed by atoms with Crippen molar-refractivity contribution < 1.29 is 4.79 Å². The van der Waals surface area contributed by atoms with Gasteiger partial charge in [-0.15, -0.1) is 0 Å². The Balaban J connectivity index is 1.98. The number of nitriles is 1. The van der Waals surface area contributed by atoms with Crippen molar-refractivity contribution >= 4 is 11.6 Å². The predicted octanol–water partition coefficient (Wildman–Crippen LogP) is 3.30. The van der Waals surface area contributed by atoms with E-state index in [2.05, 4.69) is 19.1 Å². The Morgan fingerprint density at radius 1 is 1.35 bits per heavy atom. The molecule has 3 nitrogen and oxygen atoms in total. The second kappa shape index (κ2) is 4.94. The lowest BCUT2D eigenvalue weighted by Gasteiger charge is -2.36. The lowest BCUT2D eigenvalue weighted by Crippen LogP contribution is -2.46. The molecule has 0 saturated heterocycles. The number of fused-ring (bicyclic) bond motifs is 1. The van der Waals surface area contributed by atoms with Crippen LogP contribution in [0.15, 0.2) is 24.3 Å². The summed E-state index contributed by atoms with van der Waals surface area (Å²) in [6, 6.07) is 10.4. The Bertz CT molecular complexity index is 567. The minimum absolute atomic E-state index is 0.0245. The highest BCUT2D eigenvalue weighted by Gasteiger charge is 2.45. The van der Waals surface area contributed by atoms with Crippen LogP contribution >= 0.6 is 0 Å². The Morgan fingerprint density at radius 3 is 2.75 bits per heavy atom. The van der Waals surface area contributed by atoms with Crippen molar-refractivity contribution in [1.29, 1.82) is 5.26 Å². The van der Waals surface area contributed by atoms with Crippen LogP contribution in [-0.2, 0) is 11.2 Å². The van der Waals surface area contributed by atoms with E-state index in [9.17, 15) is 10.1 Å². The van der Waals surface area contributed by atoms with Gasteiger partial charge in [-0.05, 0) is 36.8 Å². The van der Waals surface area contributed by atoms with E-state index in [1.807, 2.05) is 23.1 Å². The summed E-state index contributed by atoms with van der Waals surface area (Å²) in [4.78, 5) is 14.8. The van der Waals surface area contributed by atoms with E-state index in [1.54, 1.807) is 0 Å². The maximum absolute atomic E-state index is 13.0. The number of carbonyl (C=O) groups is 1. The molecule has 2 aliphatic rings. The van der Waals surface area contributed by atoms with Gasteiger partial charge in [-0.3, -0.25) is 4.79 Å². The van der Waals surface area contributed by atoms with Gasteiger partial charge in [0, 0.05) is 12.2 Å². The number of nitrogens with zero attached hydrogens (tertiary/aromatic N) is 2. The van der Waals surface area contributed by atoms with Gasteiger partial charge < -0.3 is 4.90 Å². The van der Waals surface area contributed by atoms with Gasteiger partial charge in [-0.2, -0.15) is 5.26 Å². The van der Waals surface area contributed by atoms with Gasteiger partial charge in [0.2, 0.25) is 5.91 Å². The van der Waals surface area contributed by atoms with Crippen LogP contribution in [0, 0.1) is 22.7 Å². The number of hydrogen-bond donors (Lipinski definition) is 0. The fraction of sp³-hybridized carbons (Fsp3) is 0.529. The average molecular weight is 268 g/mol. The standard InChI is InChI=1S/C17H20N2O/c1-13-10-14-6-2-3-7-15(14)19(11-13)16(20)17(12-18)8-4-5-9-17/h2-3,6-7,13H,4-5,8-11H2,1H3. The smallest absolute Gasteiger partial charge is 0.247 e. The van der Waals surface area contributed by atoms with Crippen molar-refractivity contribution in [2.45, 2.75) is 39.0 Å². The summed E-state index contributed by atoms with van der Waals surface area (Å²) in [6.07, 6.45) is 4.43. The maximum atomic E-state index is 13.0. The second-order valence-electron chi connectivity index (χ2n) is 6.25. The first-order valence-electron chi connectivity index (χ1n) is 7.47. The molecule has 3 rings (SSSR count). The van der Waals surface area contributed by atoms with Crippen molar-refractivity contribution in [3.05, 3.63) is 29.8 Å². The van der Waals surface area contributed by atoms with Gasteiger partial charge >= 0.3 is 0 Å². The van der Waals surface area contributed by atoms with E-state index < -0.39 is 5.41 Å². The summed E-state index contributed by atoms with van der Waals surface area (Å²) >= 11 is 0. The predicted molar refractivity (Wildman–Crippen MR) is 78.2 cm³/mol. The molecule has 1 aromatic rings. The van der Waals surface area contributed by atoms with Crippen molar-refractivity contribution in [3.63, 3.8) is 0 Å². The molecule has 20 heavy (non-hydrogen) atoms. The fourth-order valence-corrected chi connectivity index (χ4v) is 3.60. The van der Waals surface area contributed by atoms with Crippen LogP contribution in [0.5, 0.6) is 0 Å². The van der Waals surface area contributed by atoms with Gasteiger partial charge in [0.1, 0.15) is 5.41 Å². The van der Waals surface area contributed by atoms with Crippen LogP contribution in [0.3, 0.4) is 0 Å². The molecule has 1 heterocycles. The zero-order valence-electron chi connectivity index (χ0n) is 11.9. The first-order chi connectivity index (χ1) is 9.66. The van der Waals surface area contributed by atoms with Crippen LogP contribution in [0.4, 0.5) is 5.69 Å². The highest BCUT2D eigenvalue weighted by Crippen LogP contribution is 2.41. The minimum Gasteiger partial charge on any atom is -0.310 e. The van der Waals surface area contributed by atoms with Gasteiger partial charge in [-0.25, -0.2) is 0 Å². The number of benzene rings is 1.